The van der Waals surface area contributed by atoms with Crippen molar-refractivity contribution in [3.63, 3.8) is 0 Å². The molecule has 1 saturated heterocycles. The van der Waals surface area contributed by atoms with Gasteiger partial charge in [-0.2, -0.15) is 5.10 Å². The summed E-state index contributed by atoms with van der Waals surface area (Å²) in [6.45, 7) is 11.0. The Morgan fingerprint density at radius 3 is 2.57 bits per heavy atom. The van der Waals surface area contributed by atoms with E-state index in [1.807, 2.05) is 0 Å². The monoisotopic (exact) mass is 291 g/mol. The van der Waals surface area contributed by atoms with Crippen LogP contribution in [0.2, 0.25) is 0 Å². The van der Waals surface area contributed by atoms with E-state index in [2.05, 4.69) is 59.8 Å². The second-order valence-electron chi connectivity index (χ2n) is 7.32. The fourth-order valence-electron chi connectivity index (χ4n) is 3.25. The van der Waals surface area contributed by atoms with E-state index in [9.17, 15) is 0 Å². The number of aryl methyl sites for hydroxylation is 2. The number of nitrogens with one attached hydrogen (secondary N) is 1. The molecule has 0 unspecified atom stereocenters. The van der Waals surface area contributed by atoms with Crippen LogP contribution in [0.1, 0.15) is 37.9 Å². The highest BCUT2D eigenvalue weighted by atomic mass is 15.4. The van der Waals surface area contributed by atoms with Gasteiger partial charge in [-0.25, -0.2) is 0 Å². The molecule has 5 heteroatoms. The number of nitrogens with zero attached hydrogens (tertiary/aromatic N) is 4. The van der Waals surface area contributed by atoms with Gasteiger partial charge in [0.1, 0.15) is 5.82 Å². The van der Waals surface area contributed by atoms with Crippen molar-refractivity contribution in [2.45, 2.75) is 51.7 Å². The Hall–Kier alpha value is -1.07. The maximum atomic E-state index is 4.67. The summed E-state index contributed by atoms with van der Waals surface area (Å²) in [4.78, 5) is 4.97. The van der Waals surface area contributed by atoms with Crippen molar-refractivity contribution in [2.24, 2.45) is 7.05 Å². The number of hydrogen-bond acceptors (Lipinski definition) is 4. The fraction of sp³-hybridized carbons (Fsp3) is 0.812. The zero-order valence-corrected chi connectivity index (χ0v) is 14.1. The Kier molecular flexibility index (Phi) is 3.74. The molecule has 0 spiro atoms. The smallest absolute Gasteiger partial charge is 0.131 e. The topological polar surface area (TPSA) is 36.3 Å². The van der Waals surface area contributed by atoms with Crippen molar-refractivity contribution in [1.82, 2.24) is 20.0 Å². The average molecular weight is 291 g/mol. The first-order chi connectivity index (χ1) is 9.88. The molecule has 5 nitrogen and oxygen atoms in total. The summed E-state index contributed by atoms with van der Waals surface area (Å²) >= 11 is 0. The molecule has 2 heterocycles. The van der Waals surface area contributed by atoms with Gasteiger partial charge in [-0.1, -0.05) is 0 Å². The summed E-state index contributed by atoms with van der Waals surface area (Å²) in [6.07, 6.45) is 2.66. The molecule has 1 N–H and O–H groups in total. The van der Waals surface area contributed by atoms with Crippen LogP contribution >= 0.6 is 0 Å². The normalized spacial score (nSPS) is 22.8. The Balaban J connectivity index is 1.83. The standard InChI is InChI=1S/C16H29N5/c1-12-14(10-17-13-6-7-13)15(20(5)18-12)21-9-8-19(4)16(2,3)11-21/h13,17H,6-11H2,1-5H3. The third-order valence-corrected chi connectivity index (χ3v) is 5.07. The number of likely N-dealkylation sites (N-methyl/N-ethyl adjacent to an activating group) is 1. The van der Waals surface area contributed by atoms with Gasteiger partial charge in [-0.05, 0) is 40.7 Å². The van der Waals surface area contributed by atoms with Crippen molar-refractivity contribution in [3.05, 3.63) is 11.3 Å². The molecule has 0 bridgehead atoms. The Bertz CT molecular complexity index is 515. The third kappa shape index (κ3) is 2.94. The summed E-state index contributed by atoms with van der Waals surface area (Å²) in [5, 5.41) is 8.32. The number of rotatable bonds is 4. The quantitative estimate of drug-likeness (QED) is 0.912. The molecule has 2 aliphatic rings. The molecule has 0 radical (unpaired) electrons. The second kappa shape index (κ2) is 5.29. The van der Waals surface area contributed by atoms with Crippen LogP contribution in [0.5, 0.6) is 0 Å². The number of aromatic nitrogens is 2. The Labute approximate surface area is 128 Å². The average Bonchev–Trinajstić information content (AvgIpc) is 3.17. The van der Waals surface area contributed by atoms with Crippen LogP contribution in [0.15, 0.2) is 0 Å². The van der Waals surface area contributed by atoms with Crippen molar-refractivity contribution >= 4 is 5.82 Å². The summed E-state index contributed by atoms with van der Waals surface area (Å²) in [6, 6.07) is 0.737. The minimum absolute atomic E-state index is 0.206. The molecule has 0 aromatic carbocycles. The predicted octanol–water partition coefficient (Wildman–Crippen LogP) is 1.51. The number of anilines is 1. The van der Waals surface area contributed by atoms with Crippen LogP contribution in [-0.4, -0.2) is 52.9 Å². The third-order valence-electron chi connectivity index (χ3n) is 5.07. The van der Waals surface area contributed by atoms with Crippen molar-refractivity contribution in [3.8, 4) is 0 Å². The molecule has 0 atom stereocenters. The zero-order chi connectivity index (χ0) is 15.2. The molecule has 1 aromatic heterocycles. The van der Waals surface area contributed by atoms with Crippen LogP contribution in [0.4, 0.5) is 5.82 Å². The Morgan fingerprint density at radius 1 is 1.24 bits per heavy atom. The van der Waals surface area contributed by atoms with Crippen LogP contribution in [0.25, 0.3) is 0 Å². The first-order valence-corrected chi connectivity index (χ1v) is 8.10. The van der Waals surface area contributed by atoms with Gasteiger partial charge < -0.3 is 10.2 Å². The summed E-state index contributed by atoms with van der Waals surface area (Å²) in [5.74, 6) is 1.31. The van der Waals surface area contributed by atoms with Crippen LogP contribution < -0.4 is 10.2 Å². The van der Waals surface area contributed by atoms with E-state index in [1.165, 1.54) is 24.2 Å². The molecule has 1 aromatic rings. The molecular formula is C16H29N5. The lowest BCUT2D eigenvalue weighted by molar-refractivity contribution is 0.138. The molecule has 118 valence electrons. The van der Waals surface area contributed by atoms with Gasteiger partial charge in [-0.15, -0.1) is 0 Å². The van der Waals surface area contributed by atoms with E-state index in [-0.39, 0.29) is 5.54 Å². The van der Waals surface area contributed by atoms with Crippen molar-refractivity contribution in [2.75, 3.05) is 31.6 Å². The van der Waals surface area contributed by atoms with Gasteiger partial charge in [0.05, 0.1) is 5.69 Å². The van der Waals surface area contributed by atoms with E-state index < -0.39 is 0 Å². The molecule has 2 fully saturated rings. The SMILES string of the molecule is Cc1nn(C)c(N2CCN(C)C(C)(C)C2)c1CNC1CC1. The maximum Gasteiger partial charge on any atom is 0.131 e. The van der Waals surface area contributed by atoms with E-state index in [0.29, 0.717) is 0 Å². The highest BCUT2D eigenvalue weighted by Crippen LogP contribution is 2.29. The van der Waals surface area contributed by atoms with Gasteiger partial charge in [0, 0.05) is 50.4 Å². The van der Waals surface area contributed by atoms with E-state index in [4.69, 9.17) is 0 Å². The highest BCUT2D eigenvalue weighted by Gasteiger charge is 2.33. The molecule has 0 amide bonds. The lowest BCUT2D eigenvalue weighted by Gasteiger charge is -2.46. The van der Waals surface area contributed by atoms with Crippen LogP contribution in [0, 0.1) is 6.92 Å². The van der Waals surface area contributed by atoms with Crippen LogP contribution in [0.3, 0.4) is 0 Å². The van der Waals surface area contributed by atoms with Crippen molar-refractivity contribution in [1.29, 1.82) is 0 Å². The van der Waals surface area contributed by atoms with E-state index >= 15 is 0 Å². The van der Waals surface area contributed by atoms with Crippen molar-refractivity contribution < 1.29 is 0 Å². The number of hydrogen-bond donors (Lipinski definition) is 1. The minimum atomic E-state index is 0.206. The molecular weight excluding hydrogens is 262 g/mol. The van der Waals surface area contributed by atoms with E-state index in [1.54, 1.807) is 0 Å². The highest BCUT2D eigenvalue weighted by molar-refractivity contribution is 5.51. The van der Waals surface area contributed by atoms with Crippen LogP contribution in [-0.2, 0) is 13.6 Å². The summed E-state index contributed by atoms with van der Waals surface area (Å²) in [7, 11) is 4.30. The van der Waals surface area contributed by atoms with Gasteiger partial charge in [-0.3, -0.25) is 9.58 Å². The van der Waals surface area contributed by atoms with Gasteiger partial charge in [0.25, 0.3) is 0 Å². The molecule has 1 aliphatic heterocycles. The Morgan fingerprint density at radius 2 is 1.95 bits per heavy atom. The molecule has 1 saturated carbocycles. The maximum absolute atomic E-state index is 4.67. The fourth-order valence-corrected chi connectivity index (χ4v) is 3.25. The van der Waals surface area contributed by atoms with E-state index in [0.717, 1.165) is 37.9 Å². The lowest BCUT2D eigenvalue weighted by atomic mass is 9.99. The van der Waals surface area contributed by atoms with Gasteiger partial charge >= 0.3 is 0 Å². The lowest BCUT2D eigenvalue weighted by Crippen LogP contribution is -2.58. The van der Waals surface area contributed by atoms with Gasteiger partial charge in [0.2, 0.25) is 0 Å². The largest absolute Gasteiger partial charge is 0.353 e. The molecule has 3 rings (SSSR count). The molecule has 1 aliphatic carbocycles. The summed E-state index contributed by atoms with van der Waals surface area (Å²) < 4.78 is 2.07. The first kappa shape index (κ1) is 14.9. The number of piperazine rings is 1. The predicted molar refractivity (Wildman–Crippen MR) is 86.7 cm³/mol. The summed E-state index contributed by atoms with van der Waals surface area (Å²) in [5.41, 5.74) is 2.75. The zero-order valence-electron chi connectivity index (χ0n) is 14.1. The molecule has 21 heavy (non-hydrogen) atoms. The second-order valence-corrected chi connectivity index (χ2v) is 7.32. The minimum Gasteiger partial charge on any atom is -0.353 e. The first-order valence-electron chi connectivity index (χ1n) is 8.10. The van der Waals surface area contributed by atoms with Gasteiger partial charge in [0.15, 0.2) is 0 Å².